The molecule has 4 heteroatoms. The van der Waals surface area contributed by atoms with Gasteiger partial charge in [0.25, 0.3) is 5.91 Å². The monoisotopic (exact) mass is 365 g/mol. The highest BCUT2D eigenvalue weighted by molar-refractivity contribution is 9.10. The molecule has 0 bridgehead atoms. The molecular formula is C17H17BrClNO. The third kappa shape index (κ3) is 3.66. The van der Waals surface area contributed by atoms with Crippen molar-refractivity contribution in [3.05, 3.63) is 68.7 Å². The molecule has 0 spiro atoms. The molecule has 0 N–H and O–H groups in total. The quantitative estimate of drug-likeness (QED) is 0.727. The summed E-state index contributed by atoms with van der Waals surface area (Å²) < 4.78 is 0.809. The third-order valence-electron chi connectivity index (χ3n) is 3.58. The van der Waals surface area contributed by atoms with Crippen molar-refractivity contribution in [2.24, 2.45) is 0 Å². The van der Waals surface area contributed by atoms with Crippen molar-refractivity contribution >= 4 is 33.4 Å². The van der Waals surface area contributed by atoms with Crippen molar-refractivity contribution in [2.45, 2.75) is 19.9 Å². The number of nitrogens with zero attached hydrogens (tertiary/aromatic N) is 1. The van der Waals surface area contributed by atoms with Gasteiger partial charge in [0.15, 0.2) is 0 Å². The first-order valence-electron chi connectivity index (χ1n) is 6.69. The largest absolute Gasteiger partial charge is 0.335 e. The molecule has 0 heterocycles. The van der Waals surface area contributed by atoms with E-state index in [0.29, 0.717) is 10.6 Å². The molecule has 0 saturated heterocycles. The molecule has 0 fully saturated rings. The van der Waals surface area contributed by atoms with Gasteiger partial charge < -0.3 is 4.90 Å². The zero-order chi connectivity index (χ0) is 15.6. The maximum absolute atomic E-state index is 12.7. The highest BCUT2D eigenvalue weighted by Gasteiger charge is 2.21. The topological polar surface area (TPSA) is 20.3 Å². The Kier molecular flexibility index (Phi) is 5.07. The number of aryl methyl sites for hydroxylation is 1. The summed E-state index contributed by atoms with van der Waals surface area (Å²) in [6.45, 7) is 3.97. The second kappa shape index (κ2) is 6.63. The summed E-state index contributed by atoms with van der Waals surface area (Å²) in [7, 11) is 1.81. The van der Waals surface area contributed by atoms with Crippen molar-refractivity contribution in [1.82, 2.24) is 4.90 Å². The summed E-state index contributed by atoms with van der Waals surface area (Å²) >= 11 is 9.47. The summed E-state index contributed by atoms with van der Waals surface area (Å²) in [5.74, 6) is -0.0157. The van der Waals surface area contributed by atoms with E-state index in [0.717, 1.165) is 15.6 Å². The Hall–Kier alpha value is -1.32. The number of halogens is 2. The molecule has 110 valence electrons. The van der Waals surface area contributed by atoms with E-state index in [1.807, 2.05) is 63.4 Å². The fourth-order valence-electron chi connectivity index (χ4n) is 2.16. The maximum Gasteiger partial charge on any atom is 0.255 e. The average molecular weight is 367 g/mol. The summed E-state index contributed by atoms with van der Waals surface area (Å²) in [5.41, 5.74) is 2.75. The third-order valence-corrected chi connectivity index (χ3v) is 4.51. The first-order valence-corrected chi connectivity index (χ1v) is 7.86. The molecule has 21 heavy (non-hydrogen) atoms. The van der Waals surface area contributed by atoms with Crippen LogP contribution in [0.25, 0.3) is 0 Å². The Balaban J connectivity index is 2.28. The molecule has 1 atom stereocenters. The highest BCUT2D eigenvalue weighted by atomic mass is 79.9. The fourth-order valence-corrected chi connectivity index (χ4v) is 2.77. The van der Waals surface area contributed by atoms with E-state index in [2.05, 4.69) is 15.9 Å². The molecule has 0 aliphatic heterocycles. The summed E-state index contributed by atoms with van der Waals surface area (Å²) in [4.78, 5) is 14.4. The van der Waals surface area contributed by atoms with E-state index in [1.54, 1.807) is 4.90 Å². The number of hydrogen-bond acceptors (Lipinski definition) is 1. The van der Waals surface area contributed by atoms with E-state index in [9.17, 15) is 4.79 Å². The normalized spacial score (nSPS) is 12.0. The van der Waals surface area contributed by atoms with Crippen molar-refractivity contribution in [3.8, 4) is 0 Å². The second-order valence-corrected chi connectivity index (χ2v) is 6.42. The van der Waals surface area contributed by atoms with Gasteiger partial charge in [0, 0.05) is 16.5 Å². The molecule has 2 nitrogen and oxygen atoms in total. The molecule has 2 aromatic carbocycles. The summed E-state index contributed by atoms with van der Waals surface area (Å²) in [5, 5.41) is 0.678. The van der Waals surface area contributed by atoms with Gasteiger partial charge >= 0.3 is 0 Å². The van der Waals surface area contributed by atoms with E-state index < -0.39 is 0 Å². The molecule has 0 saturated carbocycles. The van der Waals surface area contributed by atoms with Crippen molar-refractivity contribution in [2.75, 3.05) is 7.05 Å². The van der Waals surface area contributed by atoms with E-state index in [1.165, 1.54) is 0 Å². The van der Waals surface area contributed by atoms with Crippen LogP contribution < -0.4 is 0 Å². The van der Waals surface area contributed by atoms with Gasteiger partial charge in [-0.2, -0.15) is 0 Å². The lowest BCUT2D eigenvalue weighted by Gasteiger charge is -2.26. The van der Waals surface area contributed by atoms with Crippen molar-refractivity contribution in [3.63, 3.8) is 0 Å². The van der Waals surface area contributed by atoms with E-state index in [-0.39, 0.29) is 11.9 Å². The van der Waals surface area contributed by atoms with Crippen LogP contribution in [0.5, 0.6) is 0 Å². The number of amides is 1. The van der Waals surface area contributed by atoms with Gasteiger partial charge in [0.05, 0.1) is 11.6 Å². The number of carbonyl (C=O) groups is 1. The maximum atomic E-state index is 12.7. The lowest BCUT2D eigenvalue weighted by molar-refractivity contribution is 0.0741. The van der Waals surface area contributed by atoms with Gasteiger partial charge in [-0.05, 0) is 59.6 Å². The van der Waals surface area contributed by atoms with Gasteiger partial charge in [0.1, 0.15) is 0 Å². The first-order chi connectivity index (χ1) is 9.90. The summed E-state index contributed by atoms with van der Waals surface area (Å²) in [6, 6.07) is 13.3. The highest BCUT2D eigenvalue weighted by Crippen LogP contribution is 2.26. The Labute approximate surface area is 138 Å². The van der Waals surface area contributed by atoms with Crippen LogP contribution >= 0.6 is 27.5 Å². The van der Waals surface area contributed by atoms with Gasteiger partial charge in [-0.1, -0.05) is 35.4 Å². The number of carbonyl (C=O) groups excluding carboxylic acids is 1. The van der Waals surface area contributed by atoms with Gasteiger partial charge in [-0.25, -0.2) is 0 Å². The minimum absolute atomic E-state index is 0.0157. The molecule has 2 rings (SSSR count). The minimum atomic E-state index is -0.0522. The molecule has 0 aliphatic carbocycles. The molecule has 1 amide bonds. The van der Waals surface area contributed by atoms with Gasteiger partial charge in [-0.3, -0.25) is 4.79 Å². The standard InChI is InChI=1S/C17H17BrClNO/c1-11-7-8-16(18)15(9-11)17(21)20(3)12(2)13-5-4-6-14(19)10-13/h4-10,12H,1-3H3. The Morgan fingerprint density at radius 3 is 2.62 bits per heavy atom. The minimum Gasteiger partial charge on any atom is -0.335 e. The van der Waals surface area contributed by atoms with Crippen LogP contribution in [0.2, 0.25) is 5.02 Å². The molecular weight excluding hydrogens is 350 g/mol. The van der Waals surface area contributed by atoms with Crippen molar-refractivity contribution in [1.29, 1.82) is 0 Å². The average Bonchev–Trinajstić information content (AvgIpc) is 2.47. The Morgan fingerprint density at radius 1 is 1.24 bits per heavy atom. The Morgan fingerprint density at radius 2 is 1.95 bits per heavy atom. The van der Waals surface area contributed by atoms with Crippen molar-refractivity contribution < 1.29 is 4.79 Å². The number of rotatable bonds is 3. The van der Waals surface area contributed by atoms with E-state index >= 15 is 0 Å². The predicted molar refractivity (Wildman–Crippen MR) is 90.8 cm³/mol. The zero-order valence-electron chi connectivity index (χ0n) is 12.2. The van der Waals surface area contributed by atoms with Crippen LogP contribution in [0, 0.1) is 6.92 Å². The van der Waals surface area contributed by atoms with Crippen LogP contribution in [0.4, 0.5) is 0 Å². The molecule has 2 aromatic rings. The van der Waals surface area contributed by atoms with Gasteiger partial charge in [-0.15, -0.1) is 0 Å². The number of benzene rings is 2. The lowest BCUT2D eigenvalue weighted by atomic mass is 10.1. The van der Waals surface area contributed by atoms with E-state index in [4.69, 9.17) is 11.6 Å². The fraction of sp³-hybridized carbons (Fsp3) is 0.235. The molecule has 0 radical (unpaired) electrons. The number of hydrogen-bond donors (Lipinski definition) is 0. The zero-order valence-corrected chi connectivity index (χ0v) is 14.6. The second-order valence-electron chi connectivity index (χ2n) is 5.13. The first kappa shape index (κ1) is 16.1. The van der Waals surface area contributed by atoms with Crippen LogP contribution in [0.1, 0.15) is 34.5 Å². The summed E-state index contributed by atoms with van der Waals surface area (Å²) in [6.07, 6.45) is 0. The Bertz CT molecular complexity index is 672. The van der Waals surface area contributed by atoms with Gasteiger partial charge in [0.2, 0.25) is 0 Å². The van der Waals surface area contributed by atoms with Crippen LogP contribution in [0.3, 0.4) is 0 Å². The SMILES string of the molecule is Cc1ccc(Br)c(C(=O)N(C)C(C)c2cccc(Cl)c2)c1. The van der Waals surface area contributed by atoms with Crippen LogP contribution in [0.15, 0.2) is 46.9 Å². The lowest BCUT2D eigenvalue weighted by Crippen LogP contribution is -2.30. The predicted octanol–water partition coefficient (Wildman–Crippen LogP) is 5.24. The van der Waals surface area contributed by atoms with Crippen LogP contribution in [-0.2, 0) is 0 Å². The molecule has 0 aliphatic rings. The van der Waals surface area contributed by atoms with Crippen LogP contribution in [-0.4, -0.2) is 17.9 Å². The smallest absolute Gasteiger partial charge is 0.255 e. The molecule has 0 aromatic heterocycles. The molecule has 1 unspecified atom stereocenters.